The van der Waals surface area contributed by atoms with Gasteiger partial charge in [-0.25, -0.2) is 0 Å². The number of piperazine rings is 1. The van der Waals surface area contributed by atoms with Gasteiger partial charge in [-0.05, 0) is 6.08 Å². The van der Waals surface area contributed by atoms with E-state index in [1.807, 2.05) is 0 Å². The molecule has 1 heterocycles. The molecule has 1 fully saturated rings. The molecule has 0 saturated carbocycles. The highest BCUT2D eigenvalue weighted by molar-refractivity contribution is 5.91. The molecule has 0 aliphatic carbocycles. The van der Waals surface area contributed by atoms with Crippen molar-refractivity contribution in [3.05, 3.63) is 12.7 Å². The Morgan fingerprint density at radius 2 is 2.25 bits per heavy atom. The molecule has 66 valence electrons. The molecule has 12 heavy (non-hydrogen) atoms. The minimum absolute atomic E-state index is 0.0172. The third kappa shape index (κ3) is 1.64. The number of likely N-dealkylation sites (N-methyl/N-ethyl adjacent to an activating group) is 1. The van der Waals surface area contributed by atoms with Crippen LogP contribution in [0.25, 0.3) is 0 Å². The first-order valence-electron chi connectivity index (χ1n) is 3.80. The van der Waals surface area contributed by atoms with E-state index in [9.17, 15) is 9.59 Å². The second kappa shape index (κ2) is 3.38. The highest BCUT2D eigenvalue weighted by atomic mass is 16.2. The van der Waals surface area contributed by atoms with E-state index in [4.69, 9.17) is 0 Å². The molecule has 1 rings (SSSR count). The van der Waals surface area contributed by atoms with Crippen LogP contribution in [-0.4, -0.2) is 48.3 Å². The first kappa shape index (κ1) is 8.77. The predicted octanol–water partition coefficient (Wildman–Crippen LogP) is -0.527. The van der Waals surface area contributed by atoms with Crippen LogP contribution in [0.2, 0.25) is 0 Å². The Labute approximate surface area is 71.4 Å². The van der Waals surface area contributed by atoms with E-state index in [1.54, 1.807) is 11.9 Å². The van der Waals surface area contributed by atoms with Crippen LogP contribution in [0.1, 0.15) is 0 Å². The average molecular weight is 168 g/mol. The molecule has 4 heteroatoms. The van der Waals surface area contributed by atoms with Crippen molar-refractivity contribution in [1.82, 2.24) is 9.80 Å². The van der Waals surface area contributed by atoms with Crippen molar-refractivity contribution in [2.24, 2.45) is 0 Å². The van der Waals surface area contributed by atoms with Crippen LogP contribution in [-0.2, 0) is 9.59 Å². The van der Waals surface area contributed by atoms with Crippen LogP contribution >= 0.6 is 0 Å². The van der Waals surface area contributed by atoms with Crippen LogP contribution in [0.5, 0.6) is 0 Å². The number of nitrogens with zero attached hydrogens (tertiary/aromatic N) is 2. The number of hydrogen-bond donors (Lipinski definition) is 0. The Hall–Kier alpha value is -1.32. The first-order chi connectivity index (χ1) is 5.65. The molecule has 0 unspecified atom stereocenters. The maximum Gasteiger partial charge on any atom is 0.246 e. The summed E-state index contributed by atoms with van der Waals surface area (Å²) < 4.78 is 0. The third-order valence-corrected chi connectivity index (χ3v) is 1.94. The SMILES string of the molecule is C=CC(=O)N1CCN(C)C(=O)C1. The van der Waals surface area contributed by atoms with E-state index < -0.39 is 0 Å². The molecule has 0 aromatic rings. The van der Waals surface area contributed by atoms with Gasteiger partial charge in [0.05, 0.1) is 0 Å². The zero-order chi connectivity index (χ0) is 9.14. The van der Waals surface area contributed by atoms with Gasteiger partial charge in [-0.2, -0.15) is 0 Å². The van der Waals surface area contributed by atoms with Crippen LogP contribution < -0.4 is 0 Å². The number of carbonyl (C=O) groups is 2. The van der Waals surface area contributed by atoms with E-state index in [-0.39, 0.29) is 18.4 Å². The lowest BCUT2D eigenvalue weighted by Crippen LogP contribution is -2.50. The summed E-state index contributed by atoms with van der Waals surface area (Å²) in [6, 6.07) is 0. The molecule has 0 N–H and O–H groups in total. The second-order valence-corrected chi connectivity index (χ2v) is 2.78. The zero-order valence-electron chi connectivity index (χ0n) is 7.12. The fourth-order valence-electron chi connectivity index (χ4n) is 1.08. The van der Waals surface area contributed by atoms with E-state index in [0.29, 0.717) is 13.1 Å². The quantitative estimate of drug-likeness (QED) is 0.494. The summed E-state index contributed by atoms with van der Waals surface area (Å²) in [5.41, 5.74) is 0. The van der Waals surface area contributed by atoms with Gasteiger partial charge in [0.1, 0.15) is 6.54 Å². The fourth-order valence-corrected chi connectivity index (χ4v) is 1.08. The van der Waals surface area contributed by atoms with Crippen LogP contribution in [0.3, 0.4) is 0 Å². The summed E-state index contributed by atoms with van der Waals surface area (Å²) in [7, 11) is 1.73. The maximum atomic E-state index is 11.1. The van der Waals surface area contributed by atoms with Gasteiger partial charge in [0.2, 0.25) is 11.8 Å². The highest BCUT2D eigenvalue weighted by Gasteiger charge is 2.22. The molecule has 0 aromatic heterocycles. The molecule has 2 amide bonds. The number of hydrogen-bond acceptors (Lipinski definition) is 2. The Bertz CT molecular complexity index is 225. The number of rotatable bonds is 1. The Morgan fingerprint density at radius 3 is 2.75 bits per heavy atom. The van der Waals surface area contributed by atoms with E-state index in [2.05, 4.69) is 6.58 Å². The Balaban J connectivity index is 2.56. The van der Waals surface area contributed by atoms with Crippen LogP contribution in [0.15, 0.2) is 12.7 Å². The van der Waals surface area contributed by atoms with Crippen molar-refractivity contribution in [3.63, 3.8) is 0 Å². The van der Waals surface area contributed by atoms with Crippen molar-refractivity contribution in [2.45, 2.75) is 0 Å². The van der Waals surface area contributed by atoms with Crippen molar-refractivity contribution >= 4 is 11.8 Å². The Morgan fingerprint density at radius 1 is 1.58 bits per heavy atom. The molecule has 0 aromatic carbocycles. The molecular formula is C8H12N2O2. The summed E-state index contributed by atoms with van der Waals surface area (Å²) in [5.74, 6) is -0.187. The predicted molar refractivity (Wildman–Crippen MR) is 44.4 cm³/mol. The molecular weight excluding hydrogens is 156 g/mol. The lowest BCUT2D eigenvalue weighted by molar-refractivity contribution is -0.141. The maximum absolute atomic E-state index is 11.1. The molecule has 0 radical (unpaired) electrons. The van der Waals surface area contributed by atoms with Crippen LogP contribution in [0.4, 0.5) is 0 Å². The summed E-state index contributed by atoms with van der Waals surface area (Å²) in [6.45, 7) is 4.76. The number of carbonyl (C=O) groups excluding carboxylic acids is 2. The summed E-state index contributed by atoms with van der Waals surface area (Å²) in [4.78, 5) is 25.3. The molecule has 4 nitrogen and oxygen atoms in total. The minimum atomic E-state index is -0.170. The molecule has 1 aliphatic rings. The summed E-state index contributed by atoms with van der Waals surface area (Å²) in [6.07, 6.45) is 1.23. The first-order valence-corrected chi connectivity index (χ1v) is 3.80. The van der Waals surface area contributed by atoms with Crippen LogP contribution in [0, 0.1) is 0 Å². The molecule has 0 spiro atoms. The van der Waals surface area contributed by atoms with Gasteiger partial charge >= 0.3 is 0 Å². The molecule has 0 atom stereocenters. The van der Waals surface area contributed by atoms with Crippen molar-refractivity contribution in [1.29, 1.82) is 0 Å². The van der Waals surface area contributed by atoms with E-state index in [1.165, 1.54) is 11.0 Å². The fraction of sp³-hybridized carbons (Fsp3) is 0.500. The standard InChI is InChI=1S/C8H12N2O2/c1-3-7(11)10-5-4-9(2)8(12)6-10/h3H,1,4-6H2,2H3. The zero-order valence-corrected chi connectivity index (χ0v) is 7.12. The van der Waals surface area contributed by atoms with Crippen molar-refractivity contribution < 1.29 is 9.59 Å². The monoisotopic (exact) mass is 168 g/mol. The van der Waals surface area contributed by atoms with Gasteiger partial charge in [0.25, 0.3) is 0 Å². The van der Waals surface area contributed by atoms with E-state index in [0.717, 1.165) is 0 Å². The molecule has 0 bridgehead atoms. The number of amides is 2. The third-order valence-electron chi connectivity index (χ3n) is 1.94. The van der Waals surface area contributed by atoms with E-state index >= 15 is 0 Å². The normalized spacial score (nSPS) is 17.9. The largest absolute Gasteiger partial charge is 0.342 e. The van der Waals surface area contributed by atoms with Crippen molar-refractivity contribution in [2.75, 3.05) is 26.7 Å². The van der Waals surface area contributed by atoms with Crippen molar-refractivity contribution in [3.8, 4) is 0 Å². The smallest absolute Gasteiger partial charge is 0.246 e. The average Bonchev–Trinajstić information content (AvgIpc) is 2.08. The summed E-state index contributed by atoms with van der Waals surface area (Å²) in [5, 5.41) is 0. The lowest BCUT2D eigenvalue weighted by Gasteiger charge is -2.31. The van der Waals surface area contributed by atoms with Gasteiger partial charge in [0, 0.05) is 20.1 Å². The minimum Gasteiger partial charge on any atom is -0.342 e. The summed E-state index contributed by atoms with van der Waals surface area (Å²) >= 11 is 0. The van der Waals surface area contributed by atoms with Gasteiger partial charge in [-0.1, -0.05) is 6.58 Å². The highest BCUT2D eigenvalue weighted by Crippen LogP contribution is 2.00. The molecule has 1 aliphatic heterocycles. The van der Waals surface area contributed by atoms with Gasteiger partial charge in [-0.15, -0.1) is 0 Å². The Kier molecular flexibility index (Phi) is 2.47. The lowest BCUT2D eigenvalue weighted by atomic mass is 10.3. The van der Waals surface area contributed by atoms with Gasteiger partial charge in [-0.3, -0.25) is 9.59 Å². The molecule has 1 saturated heterocycles. The topological polar surface area (TPSA) is 40.6 Å². The van der Waals surface area contributed by atoms with Gasteiger partial charge in [0.15, 0.2) is 0 Å². The second-order valence-electron chi connectivity index (χ2n) is 2.78. The van der Waals surface area contributed by atoms with Gasteiger partial charge < -0.3 is 9.80 Å².